The lowest BCUT2D eigenvalue weighted by Gasteiger charge is -2.22. The molecule has 0 amide bonds. The highest BCUT2D eigenvalue weighted by atomic mass is 32.2. The molecule has 0 saturated heterocycles. The van der Waals surface area contributed by atoms with E-state index in [0.717, 1.165) is 79.1 Å². The molecule has 2 aromatic rings. The molecule has 2 aromatic heterocycles. The van der Waals surface area contributed by atoms with Crippen LogP contribution in [0, 0.1) is 12.8 Å². The van der Waals surface area contributed by atoms with Crippen LogP contribution in [0.4, 0.5) is 11.4 Å². The van der Waals surface area contributed by atoms with E-state index < -0.39 is 0 Å². The molecule has 6 N–H and O–H groups in total. The van der Waals surface area contributed by atoms with E-state index in [1.165, 1.54) is 49.7 Å². The standard InChI is InChI=1S/C14H22N2OS.C10H14N2O.C6H12.C2H6/c1-3-9(4-2)18-14-11-8-6-5-7-10(11)12(15)13(17)16-14;1-6-7-4-2-3-5-8(7)9(11)10(13)12-6;1-2-6-4-3-5-6;1-2/h9H,3-8,15H2,1-2H3,(H,16,17);2-5,11H2,1H3,(H,12,13);6H,2-5H2,1H3;1-2H3. The number of rotatable bonds is 5. The van der Waals surface area contributed by atoms with Crippen molar-refractivity contribution in [1.29, 1.82) is 0 Å². The molecule has 5 rings (SSSR count). The first-order valence-corrected chi connectivity index (χ1v) is 16.4. The lowest BCUT2D eigenvalue weighted by atomic mass is 9.84. The third-order valence-corrected chi connectivity index (χ3v) is 9.91. The molecule has 0 unspecified atom stereocenters. The van der Waals surface area contributed by atoms with Crippen LogP contribution in [-0.4, -0.2) is 15.2 Å². The summed E-state index contributed by atoms with van der Waals surface area (Å²) in [6, 6.07) is 0. The maximum atomic E-state index is 11.9. The van der Waals surface area contributed by atoms with Crippen LogP contribution in [0.15, 0.2) is 14.6 Å². The largest absolute Gasteiger partial charge is 0.394 e. The Morgan fingerprint density at radius 1 is 0.744 bits per heavy atom. The van der Waals surface area contributed by atoms with Gasteiger partial charge >= 0.3 is 0 Å². The van der Waals surface area contributed by atoms with Gasteiger partial charge in [-0.1, -0.05) is 60.3 Å². The fraction of sp³-hybridized carbons (Fsp3) is 0.688. The van der Waals surface area contributed by atoms with Crippen LogP contribution in [0.25, 0.3) is 0 Å². The minimum absolute atomic E-state index is 0.107. The Morgan fingerprint density at radius 3 is 1.64 bits per heavy atom. The first kappa shape index (κ1) is 33.1. The minimum atomic E-state index is -0.127. The fourth-order valence-electron chi connectivity index (χ4n) is 5.53. The minimum Gasteiger partial charge on any atom is -0.394 e. The van der Waals surface area contributed by atoms with Gasteiger partial charge < -0.3 is 21.4 Å². The molecule has 2 heterocycles. The van der Waals surface area contributed by atoms with Crippen molar-refractivity contribution in [3.05, 3.63) is 48.7 Å². The second-order valence-electron chi connectivity index (χ2n) is 10.8. The third-order valence-electron chi connectivity index (χ3n) is 8.33. The highest BCUT2D eigenvalue weighted by Crippen LogP contribution is 2.34. The highest BCUT2D eigenvalue weighted by Gasteiger charge is 2.21. The van der Waals surface area contributed by atoms with E-state index in [-0.39, 0.29) is 11.1 Å². The molecule has 3 aliphatic carbocycles. The predicted molar refractivity (Wildman–Crippen MR) is 170 cm³/mol. The summed E-state index contributed by atoms with van der Waals surface area (Å²) in [6.45, 7) is 12.6. The summed E-state index contributed by atoms with van der Waals surface area (Å²) in [6.07, 6.45) is 16.9. The molecule has 0 radical (unpaired) electrons. The summed E-state index contributed by atoms with van der Waals surface area (Å²) < 4.78 is 0. The summed E-state index contributed by atoms with van der Waals surface area (Å²) in [4.78, 5) is 29.0. The van der Waals surface area contributed by atoms with Gasteiger partial charge in [-0.3, -0.25) is 9.59 Å². The fourth-order valence-corrected chi connectivity index (χ4v) is 6.71. The molecule has 0 atom stereocenters. The van der Waals surface area contributed by atoms with Crippen molar-refractivity contribution in [3.63, 3.8) is 0 Å². The van der Waals surface area contributed by atoms with Gasteiger partial charge in [-0.15, -0.1) is 11.8 Å². The molecule has 220 valence electrons. The molecule has 7 heteroatoms. The number of nitrogen functional groups attached to an aromatic ring is 2. The van der Waals surface area contributed by atoms with Crippen LogP contribution in [0.5, 0.6) is 0 Å². The molecule has 0 spiro atoms. The zero-order valence-electron chi connectivity index (χ0n) is 25.4. The van der Waals surface area contributed by atoms with Gasteiger partial charge in [-0.05, 0) is 99.3 Å². The van der Waals surface area contributed by atoms with E-state index in [0.29, 0.717) is 16.6 Å². The Bertz CT molecular complexity index is 1140. The Morgan fingerprint density at radius 2 is 1.21 bits per heavy atom. The van der Waals surface area contributed by atoms with Crippen molar-refractivity contribution in [2.24, 2.45) is 5.92 Å². The molecule has 0 aliphatic heterocycles. The molecule has 0 aromatic carbocycles. The number of hydrogen-bond acceptors (Lipinski definition) is 5. The van der Waals surface area contributed by atoms with Gasteiger partial charge in [0.05, 0.1) is 5.03 Å². The third kappa shape index (κ3) is 8.92. The van der Waals surface area contributed by atoms with Crippen molar-refractivity contribution in [2.75, 3.05) is 11.5 Å². The molecule has 1 saturated carbocycles. The van der Waals surface area contributed by atoms with Gasteiger partial charge in [0, 0.05) is 10.9 Å². The van der Waals surface area contributed by atoms with E-state index in [2.05, 4.69) is 30.7 Å². The van der Waals surface area contributed by atoms with Crippen molar-refractivity contribution in [3.8, 4) is 0 Å². The van der Waals surface area contributed by atoms with E-state index >= 15 is 0 Å². The summed E-state index contributed by atoms with van der Waals surface area (Å²) in [5, 5.41) is 1.65. The van der Waals surface area contributed by atoms with Crippen molar-refractivity contribution < 1.29 is 0 Å². The summed E-state index contributed by atoms with van der Waals surface area (Å²) in [5.41, 5.74) is 18.0. The molecular formula is C32H54N4O2S. The van der Waals surface area contributed by atoms with Gasteiger partial charge in [-0.25, -0.2) is 0 Å². The van der Waals surface area contributed by atoms with E-state index in [1.807, 2.05) is 32.5 Å². The number of fused-ring (bicyclic) bond motifs is 2. The predicted octanol–water partition coefficient (Wildman–Crippen LogP) is 7.48. The van der Waals surface area contributed by atoms with Gasteiger partial charge in [0.25, 0.3) is 11.1 Å². The smallest absolute Gasteiger partial charge is 0.272 e. The van der Waals surface area contributed by atoms with Crippen LogP contribution in [0.2, 0.25) is 0 Å². The number of anilines is 2. The van der Waals surface area contributed by atoms with Crippen molar-refractivity contribution in [2.45, 2.75) is 142 Å². The summed E-state index contributed by atoms with van der Waals surface area (Å²) in [5.74, 6) is 1.12. The second-order valence-corrected chi connectivity index (χ2v) is 12.1. The quantitative estimate of drug-likeness (QED) is 0.284. The van der Waals surface area contributed by atoms with E-state index in [1.54, 1.807) is 0 Å². The highest BCUT2D eigenvalue weighted by molar-refractivity contribution is 7.99. The van der Waals surface area contributed by atoms with Crippen LogP contribution >= 0.6 is 11.8 Å². The van der Waals surface area contributed by atoms with Crippen LogP contribution < -0.4 is 22.6 Å². The topological polar surface area (TPSA) is 118 Å². The number of nitrogens with two attached hydrogens (primary N) is 2. The number of aryl methyl sites for hydroxylation is 1. The Kier molecular flexibility index (Phi) is 14.3. The summed E-state index contributed by atoms with van der Waals surface area (Å²) >= 11 is 1.82. The Balaban J connectivity index is 0.000000220. The molecular weight excluding hydrogens is 504 g/mol. The first-order chi connectivity index (χ1) is 18.8. The average molecular weight is 559 g/mol. The van der Waals surface area contributed by atoms with Crippen LogP contribution in [0.1, 0.15) is 127 Å². The Hall–Kier alpha value is -2.15. The maximum absolute atomic E-state index is 11.9. The maximum Gasteiger partial charge on any atom is 0.272 e. The van der Waals surface area contributed by atoms with E-state index in [9.17, 15) is 9.59 Å². The number of aromatic amines is 2. The molecule has 1 fully saturated rings. The van der Waals surface area contributed by atoms with Gasteiger partial charge in [0.15, 0.2) is 0 Å². The molecule has 39 heavy (non-hydrogen) atoms. The number of nitrogens with one attached hydrogen (secondary N) is 2. The molecule has 3 aliphatic rings. The SMILES string of the molecule is CC.CCC(CC)Sc1[nH]c(=O)c(N)c2c1CCCC2.CCC1CCC1.Cc1[nH]c(=O)c(N)c2c1CCCC2. The van der Waals surface area contributed by atoms with Crippen molar-refractivity contribution >= 4 is 23.1 Å². The zero-order chi connectivity index (χ0) is 28.9. The normalized spacial score (nSPS) is 15.8. The number of pyridine rings is 2. The van der Waals surface area contributed by atoms with Crippen LogP contribution in [0.3, 0.4) is 0 Å². The number of hydrogen-bond donors (Lipinski definition) is 4. The monoisotopic (exact) mass is 558 g/mol. The summed E-state index contributed by atoms with van der Waals surface area (Å²) in [7, 11) is 0. The van der Waals surface area contributed by atoms with Gasteiger partial charge in [0.2, 0.25) is 0 Å². The zero-order valence-corrected chi connectivity index (χ0v) is 26.3. The molecule has 0 bridgehead atoms. The number of aromatic nitrogens is 2. The van der Waals surface area contributed by atoms with Gasteiger partial charge in [-0.2, -0.15) is 0 Å². The number of thioether (sulfide) groups is 1. The average Bonchev–Trinajstić information content (AvgIpc) is 2.94. The first-order valence-electron chi connectivity index (χ1n) is 15.5. The second kappa shape index (κ2) is 16.8. The Labute approximate surface area is 240 Å². The van der Waals surface area contributed by atoms with Crippen molar-refractivity contribution in [1.82, 2.24) is 9.97 Å². The van der Waals surface area contributed by atoms with E-state index in [4.69, 9.17) is 11.5 Å². The van der Waals surface area contributed by atoms with Crippen LogP contribution in [-0.2, 0) is 25.7 Å². The molecule has 6 nitrogen and oxygen atoms in total. The van der Waals surface area contributed by atoms with Gasteiger partial charge in [0.1, 0.15) is 11.4 Å². The lowest BCUT2D eigenvalue weighted by Crippen LogP contribution is -2.21. The lowest BCUT2D eigenvalue weighted by molar-refractivity contribution is 0.307. The number of H-pyrrole nitrogens is 2.